The smallest absolute Gasteiger partial charge is 0.326 e. The first kappa shape index (κ1) is 19.6. The average molecular weight is 401 g/mol. The molecule has 0 spiro atoms. The molecule has 144 valence electrons. The highest BCUT2D eigenvalue weighted by molar-refractivity contribution is 6.31. The summed E-state index contributed by atoms with van der Waals surface area (Å²) < 4.78 is 5.07. The van der Waals surface area contributed by atoms with Crippen molar-refractivity contribution in [3.8, 4) is 0 Å². The second-order valence-corrected chi connectivity index (χ2v) is 6.73. The lowest BCUT2D eigenvalue weighted by Crippen LogP contribution is -2.38. The second-order valence-electron chi connectivity index (χ2n) is 6.33. The standard InChI is InChI=1S/C20H17ClN2O5/c1-11-7-8-13(9-16(11)21)22-18(25)12(2)28-17(24)10-23-19(26)14-5-3-4-6-15(14)20(23)27/h3-9,12H,10H2,1-2H3,(H,22,25)/t12-/m0/s1. The van der Waals surface area contributed by atoms with Gasteiger partial charge in [0.1, 0.15) is 6.54 Å². The van der Waals surface area contributed by atoms with Gasteiger partial charge in [0.05, 0.1) is 11.1 Å². The molecule has 0 saturated heterocycles. The molecule has 0 saturated carbocycles. The largest absolute Gasteiger partial charge is 0.451 e. The van der Waals surface area contributed by atoms with Gasteiger partial charge in [0.2, 0.25) is 0 Å². The number of anilines is 1. The summed E-state index contributed by atoms with van der Waals surface area (Å²) in [5.41, 5.74) is 1.80. The van der Waals surface area contributed by atoms with Gasteiger partial charge in [0.15, 0.2) is 6.10 Å². The molecule has 1 aliphatic heterocycles. The van der Waals surface area contributed by atoms with E-state index in [1.165, 1.54) is 19.1 Å². The molecule has 0 bridgehead atoms. The Morgan fingerprint density at radius 3 is 2.29 bits per heavy atom. The number of carbonyl (C=O) groups is 4. The third-order valence-corrected chi connectivity index (χ3v) is 4.69. The van der Waals surface area contributed by atoms with Crippen molar-refractivity contribution in [3.63, 3.8) is 0 Å². The molecule has 3 amide bonds. The SMILES string of the molecule is Cc1ccc(NC(=O)[C@H](C)OC(=O)CN2C(=O)c3ccccc3C2=O)cc1Cl. The molecule has 7 nitrogen and oxygen atoms in total. The zero-order chi connectivity index (χ0) is 20.4. The van der Waals surface area contributed by atoms with Gasteiger partial charge in [0, 0.05) is 10.7 Å². The number of benzene rings is 2. The number of halogens is 1. The third-order valence-electron chi connectivity index (χ3n) is 4.28. The fourth-order valence-corrected chi connectivity index (χ4v) is 2.89. The Kier molecular flexibility index (Phi) is 5.46. The van der Waals surface area contributed by atoms with E-state index in [1.807, 2.05) is 6.92 Å². The highest BCUT2D eigenvalue weighted by Gasteiger charge is 2.37. The number of hydrogen-bond acceptors (Lipinski definition) is 5. The van der Waals surface area contributed by atoms with Gasteiger partial charge in [-0.1, -0.05) is 29.8 Å². The van der Waals surface area contributed by atoms with Crippen LogP contribution in [-0.4, -0.2) is 41.2 Å². The van der Waals surface area contributed by atoms with Crippen LogP contribution in [0.1, 0.15) is 33.2 Å². The van der Waals surface area contributed by atoms with E-state index >= 15 is 0 Å². The zero-order valence-electron chi connectivity index (χ0n) is 15.2. The molecule has 0 radical (unpaired) electrons. The zero-order valence-corrected chi connectivity index (χ0v) is 15.9. The number of fused-ring (bicyclic) bond motifs is 1. The topological polar surface area (TPSA) is 92.8 Å². The van der Waals surface area contributed by atoms with Gasteiger partial charge in [-0.3, -0.25) is 24.1 Å². The normalized spacial score (nSPS) is 13.9. The number of hydrogen-bond donors (Lipinski definition) is 1. The van der Waals surface area contributed by atoms with Crippen molar-refractivity contribution >= 4 is 41.0 Å². The summed E-state index contributed by atoms with van der Waals surface area (Å²) in [6, 6.07) is 11.3. The van der Waals surface area contributed by atoms with Gasteiger partial charge < -0.3 is 10.1 Å². The number of nitrogens with zero attached hydrogens (tertiary/aromatic N) is 1. The number of aryl methyl sites for hydroxylation is 1. The van der Waals surface area contributed by atoms with E-state index in [0.717, 1.165) is 10.5 Å². The molecule has 0 unspecified atom stereocenters. The molecule has 1 heterocycles. The van der Waals surface area contributed by atoms with Gasteiger partial charge in [-0.25, -0.2) is 0 Å². The lowest BCUT2D eigenvalue weighted by atomic mass is 10.1. The van der Waals surface area contributed by atoms with Crippen LogP contribution in [0.5, 0.6) is 0 Å². The summed E-state index contributed by atoms with van der Waals surface area (Å²) in [6.45, 7) is 2.66. The highest BCUT2D eigenvalue weighted by atomic mass is 35.5. The number of ether oxygens (including phenoxy) is 1. The predicted octanol–water partition coefficient (Wildman–Crippen LogP) is 2.81. The maximum Gasteiger partial charge on any atom is 0.326 e. The Morgan fingerprint density at radius 2 is 1.71 bits per heavy atom. The predicted molar refractivity (Wildman–Crippen MR) is 102 cm³/mol. The maximum absolute atomic E-state index is 12.3. The molecular formula is C20H17ClN2O5. The second kappa shape index (κ2) is 7.82. The first-order valence-corrected chi connectivity index (χ1v) is 8.87. The Balaban J connectivity index is 1.59. The van der Waals surface area contributed by atoms with Crippen molar-refractivity contribution in [1.29, 1.82) is 0 Å². The van der Waals surface area contributed by atoms with Gasteiger partial charge in [-0.05, 0) is 43.7 Å². The van der Waals surface area contributed by atoms with Crippen molar-refractivity contribution in [2.75, 3.05) is 11.9 Å². The van der Waals surface area contributed by atoms with Crippen LogP contribution in [0.3, 0.4) is 0 Å². The maximum atomic E-state index is 12.3. The molecule has 1 aliphatic rings. The van der Waals surface area contributed by atoms with Crippen molar-refractivity contribution < 1.29 is 23.9 Å². The van der Waals surface area contributed by atoms with Gasteiger partial charge in [-0.2, -0.15) is 0 Å². The van der Waals surface area contributed by atoms with E-state index in [-0.39, 0.29) is 11.1 Å². The van der Waals surface area contributed by atoms with E-state index < -0.39 is 36.3 Å². The molecule has 0 aromatic heterocycles. The summed E-state index contributed by atoms with van der Waals surface area (Å²) in [4.78, 5) is 49.7. The van der Waals surface area contributed by atoms with Crippen LogP contribution >= 0.6 is 11.6 Å². The number of carbonyl (C=O) groups excluding carboxylic acids is 4. The van der Waals surface area contributed by atoms with Crippen molar-refractivity contribution in [2.45, 2.75) is 20.0 Å². The van der Waals surface area contributed by atoms with Crippen molar-refractivity contribution in [2.24, 2.45) is 0 Å². The Morgan fingerprint density at radius 1 is 1.11 bits per heavy atom. The number of rotatable bonds is 5. The van der Waals surface area contributed by atoms with E-state index in [0.29, 0.717) is 10.7 Å². The number of amides is 3. The van der Waals surface area contributed by atoms with E-state index in [2.05, 4.69) is 5.32 Å². The van der Waals surface area contributed by atoms with Crippen LogP contribution in [0.25, 0.3) is 0 Å². The van der Waals surface area contributed by atoms with Gasteiger partial charge in [0.25, 0.3) is 17.7 Å². The van der Waals surface area contributed by atoms with Crippen LogP contribution in [0.4, 0.5) is 5.69 Å². The summed E-state index contributed by atoms with van der Waals surface area (Å²) in [5, 5.41) is 3.09. The minimum atomic E-state index is -1.12. The molecule has 0 fully saturated rings. The van der Waals surface area contributed by atoms with Crippen LogP contribution in [-0.2, 0) is 14.3 Å². The number of esters is 1. The summed E-state index contributed by atoms with van der Waals surface area (Å²) in [7, 11) is 0. The molecular weight excluding hydrogens is 384 g/mol. The van der Waals surface area contributed by atoms with E-state index in [4.69, 9.17) is 16.3 Å². The van der Waals surface area contributed by atoms with Crippen LogP contribution in [0.15, 0.2) is 42.5 Å². The molecule has 0 aliphatic carbocycles. The van der Waals surface area contributed by atoms with E-state index in [9.17, 15) is 19.2 Å². The molecule has 3 rings (SSSR count). The summed E-state index contributed by atoms with van der Waals surface area (Å²) >= 11 is 6.02. The van der Waals surface area contributed by atoms with Gasteiger partial charge in [-0.15, -0.1) is 0 Å². The Hall–Kier alpha value is -3.19. The quantitative estimate of drug-likeness (QED) is 0.615. The lowest BCUT2D eigenvalue weighted by molar-refractivity contribution is -0.153. The summed E-state index contributed by atoms with van der Waals surface area (Å²) in [5.74, 6) is -2.55. The molecule has 28 heavy (non-hydrogen) atoms. The molecule has 8 heteroatoms. The van der Waals surface area contributed by atoms with E-state index in [1.54, 1.807) is 30.3 Å². The molecule has 1 N–H and O–H groups in total. The van der Waals surface area contributed by atoms with Crippen molar-refractivity contribution in [1.82, 2.24) is 4.90 Å². The van der Waals surface area contributed by atoms with Crippen LogP contribution in [0, 0.1) is 6.92 Å². The fourth-order valence-electron chi connectivity index (χ4n) is 2.71. The molecule has 2 aromatic rings. The first-order chi connectivity index (χ1) is 13.3. The van der Waals surface area contributed by atoms with Gasteiger partial charge >= 0.3 is 5.97 Å². The minimum Gasteiger partial charge on any atom is -0.451 e. The minimum absolute atomic E-state index is 0.238. The van der Waals surface area contributed by atoms with Crippen LogP contribution < -0.4 is 5.32 Å². The lowest BCUT2D eigenvalue weighted by Gasteiger charge is -2.17. The Bertz CT molecular complexity index is 953. The summed E-state index contributed by atoms with van der Waals surface area (Å²) in [6.07, 6.45) is -1.12. The average Bonchev–Trinajstić information content (AvgIpc) is 2.90. The monoisotopic (exact) mass is 400 g/mol. The van der Waals surface area contributed by atoms with Crippen LogP contribution in [0.2, 0.25) is 5.02 Å². The first-order valence-electron chi connectivity index (χ1n) is 8.49. The third kappa shape index (κ3) is 3.89. The fraction of sp³-hybridized carbons (Fsp3) is 0.200. The Labute approximate surface area is 166 Å². The number of nitrogens with one attached hydrogen (secondary N) is 1. The number of imide groups is 1. The molecule has 2 aromatic carbocycles. The highest BCUT2D eigenvalue weighted by Crippen LogP contribution is 2.22. The molecule has 1 atom stereocenters. The van der Waals surface area contributed by atoms with Crippen molar-refractivity contribution in [3.05, 3.63) is 64.2 Å².